The lowest BCUT2D eigenvalue weighted by Crippen LogP contribution is -2.24. The van der Waals surface area contributed by atoms with Crippen molar-refractivity contribution in [3.05, 3.63) is 29.8 Å². The van der Waals surface area contributed by atoms with Gasteiger partial charge in [-0.05, 0) is 29.6 Å². The van der Waals surface area contributed by atoms with Crippen molar-refractivity contribution in [1.82, 2.24) is 10.1 Å². The highest BCUT2D eigenvalue weighted by molar-refractivity contribution is 5.60. The SMILES string of the molecule is N#CCc1ccccc1-c1nc(N2CCCCCC2)no1. The van der Waals surface area contributed by atoms with Gasteiger partial charge in [0.25, 0.3) is 11.8 Å². The van der Waals surface area contributed by atoms with E-state index in [0.717, 1.165) is 24.2 Å². The second-order valence-electron chi connectivity index (χ2n) is 5.29. The number of benzene rings is 1. The summed E-state index contributed by atoms with van der Waals surface area (Å²) in [7, 11) is 0. The minimum Gasteiger partial charge on any atom is -0.338 e. The van der Waals surface area contributed by atoms with E-state index in [2.05, 4.69) is 21.1 Å². The monoisotopic (exact) mass is 282 g/mol. The molecular formula is C16H18N4O. The normalized spacial score (nSPS) is 15.5. The summed E-state index contributed by atoms with van der Waals surface area (Å²) in [6, 6.07) is 9.86. The molecule has 0 amide bonds. The third-order valence-corrected chi connectivity index (χ3v) is 3.82. The highest BCUT2D eigenvalue weighted by Gasteiger charge is 2.18. The first kappa shape index (κ1) is 13.6. The average Bonchev–Trinajstić information content (AvgIpc) is 2.84. The van der Waals surface area contributed by atoms with Gasteiger partial charge in [0.1, 0.15) is 0 Å². The minimum absolute atomic E-state index is 0.345. The van der Waals surface area contributed by atoms with Gasteiger partial charge in [-0.25, -0.2) is 0 Å². The van der Waals surface area contributed by atoms with Crippen LogP contribution in [0.2, 0.25) is 0 Å². The van der Waals surface area contributed by atoms with Crippen molar-refractivity contribution < 1.29 is 4.52 Å². The molecular weight excluding hydrogens is 264 g/mol. The number of hydrogen-bond acceptors (Lipinski definition) is 5. The van der Waals surface area contributed by atoms with Crippen molar-refractivity contribution in [1.29, 1.82) is 5.26 Å². The molecule has 1 fully saturated rings. The van der Waals surface area contributed by atoms with Crippen molar-refractivity contribution in [2.45, 2.75) is 32.1 Å². The molecule has 0 bridgehead atoms. The summed E-state index contributed by atoms with van der Waals surface area (Å²) in [6.07, 6.45) is 5.24. The van der Waals surface area contributed by atoms with Crippen LogP contribution in [0.5, 0.6) is 0 Å². The predicted molar refractivity (Wildman–Crippen MR) is 79.7 cm³/mol. The second-order valence-corrected chi connectivity index (χ2v) is 5.29. The Morgan fingerprint density at radius 2 is 1.90 bits per heavy atom. The van der Waals surface area contributed by atoms with Crippen LogP contribution in [0.15, 0.2) is 28.8 Å². The van der Waals surface area contributed by atoms with Gasteiger partial charge in [0.2, 0.25) is 0 Å². The zero-order valence-corrected chi connectivity index (χ0v) is 12.0. The van der Waals surface area contributed by atoms with Crippen LogP contribution >= 0.6 is 0 Å². The van der Waals surface area contributed by atoms with Crippen LogP contribution in [0.4, 0.5) is 5.95 Å². The summed E-state index contributed by atoms with van der Waals surface area (Å²) in [5, 5.41) is 13.0. The molecule has 1 aliphatic heterocycles. The van der Waals surface area contributed by atoms with Crippen LogP contribution < -0.4 is 4.90 Å². The number of nitrogens with zero attached hydrogens (tertiary/aromatic N) is 4. The van der Waals surface area contributed by atoms with Gasteiger partial charge in [-0.1, -0.05) is 31.0 Å². The van der Waals surface area contributed by atoms with Crippen LogP contribution in [-0.4, -0.2) is 23.2 Å². The van der Waals surface area contributed by atoms with Gasteiger partial charge in [0.15, 0.2) is 0 Å². The fourth-order valence-electron chi connectivity index (χ4n) is 2.69. The Morgan fingerprint density at radius 1 is 1.14 bits per heavy atom. The van der Waals surface area contributed by atoms with E-state index in [1.54, 1.807) is 0 Å². The Bertz CT molecular complexity index is 636. The van der Waals surface area contributed by atoms with Gasteiger partial charge < -0.3 is 9.42 Å². The van der Waals surface area contributed by atoms with Gasteiger partial charge in [0.05, 0.1) is 12.5 Å². The number of hydrogen-bond donors (Lipinski definition) is 0. The fourth-order valence-corrected chi connectivity index (χ4v) is 2.69. The van der Waals surface area contributed by atoms with E-state index in [4.69, 9.17) is 9.78 Å². The predicted octanol–water partition coefficient (Wildman–Crippen LogP) is 3.18. The largest absolute Gasteiger partial charge is 0.338 e. The van der Waals surface area contributed by atoms with E-state index in [1.807, 2.05) is 24.3 Å². The number of anilines is 1. The molecule has 5 heteroatoms. The maximum atomic E-state index is 8.91. The van der Waals surface area contributed by atoms with Gasteiger partial charge in [-0.15, -0.1) is 0 Å². The summed E-state index contributed by atoms with van der Waals surface area (Å²) in [4.78, 5) is 6.71. The molecule has 0 N–H and O–H groups in total. The Hall–Kier alpha value is -2.35. The van der Waals surface area contributed by atoms with E-state index in [9.17, 15) is 0 Å². The lowest BCUT2D eigenvalue weighted by atomic mass is 10.1. The third-order valence-electron chi connectivity index (χ3n) is 3.82. The highest BCUT2D eigenvalue weighted by atomic mass is 16.5. The number of aromatic nitrogens is 2. The summed E-state index contributed by atoms with van der Waals surface area (Å²) in [6.45, 7) is 1.97. The standard InChI is InChI=1S/C16H18N4O/c17-10-9-13-7-3-4-8-14(13)15-18-16(19-21-15)20-11-5-1-2-6-12-20/h3-4,7-8H,1-2,5-6,9,11-12H2. The molecule has 1 aromatic carbocycles. The molecule has 21 heavy (non-hydrogen) atoms. The maximum absolute atomic E-state index is 8.91. The van der Waals surface area contributed by atoms with Crippen LogP contribution in [0.25, 0.3) is 11.5 Å². The van der Waals surface area contributed by atoms with E-state index in [0.29, 0.717) is 18.3 Å². The molecule has 0 unspecified atom stereocenters. The topological polar surface area (TPSA) is 66.0 Å². The Morgan fingerprint density at radius 3 is 2.67 bits per heavy atom. The quantitative estimate of drug-likeness (QED) is 0.865. The molecule has 2 heterocycles. The molecule has 0 saturated carbocycles. The number of rotatable bonds is 3. The molecule has 0 radical (unpaired) electrons. The van der Waals surface area contributed by atoms with Crippen LogP contribution in [0.1, 0.15) is 31.2 Å². The zero-order valence-electron chi connectivity index (χ0n) is 12.0. The van der Waals surface area contributed by atoms with Crippen LogP contribution in [-0.2, 0) is 6.42 Å². The van der Waals surface area contributed by atoms with E-state index in [-0.39, 0.29) is 0 Å². The molecule has 0 aliphatic carbocycles. The van der Waals surface area contributed by atoms with Crippen LogP contribution in [0, 0.1) is 11.3 Å². The molecule has 3 rings (SSSR count). The summed E-state index contributed by atoms with van der Waals surface area (Å²) in [5.41, 5.74) is 1.78. The smallest absolute Gasteiger partial charge is 0.266 e. The van der Waals surface area contributed by atoms with Crippen molar-refractivity contribution >= 4 is 5.95 Å². The number of nitriles is 1. The lowest BCUT2D eigenvalue weighted by Gasteiger charge is -2.16. The lowest BCUT2D eigenvalue weighted by molar-refractivity contribution is 0.429. The van der Waals surface area contributed by atoms with E-state index < -0.39 is 0 Å². The highest BCUT2D eigenvalue weighted by Crippen LogP contribution is 2.25. The average molecular weight is 282 g/mol. The Kier molecular flexibility index (Phi) is 4.15. The van der Waals surface area contributed by atoms with Crippen molar-refractivity contribution in [2.75, 3.05) is 18.0 Å². The second kappa shape index (κ2) is 6.40. The van der Waals surface area contributed by atoms with Gasteiger partial charge in [-0.2, -0.15) is 10.2 Å². The summed E-state index contributed by atoms with van der Waals surface area (Å²) >= 11 is 0. The molecule has 5 nitrogen and oxygen atoms in total. The summed E-state index contributed by atoms with van der Waals surface area (Å²) < 4.78 is 5.42. The van der Waals surface area contributed by atoms with E-state index in [1.165, 1.54) is 25.7 Å². The first-order valence-corrected chi connectivity index (χ1v) is 7.42. The molecule has 1 aromatic heterocycles. The molecule has 0 atom stereocenters. The van der Waals surface area contributed by atoms with Crippen molar-refractivity contribution in [3.63, 3.8) is 0 Å². The first-order chi connectivity index (χ1) is 10.4. The Labute approximate surface area is 124 Å². The van der Waals surface area contributed by atoms with Gasteiger partial charge >= 0.3 is 0 Å². The first-order valence-electron chi connectivity index (χ1n) is 7.42. The van der Waals surface area contributed by atoms with Crippen molar-refractivity contribution in [2.24, 2.45) is 0 Å². The maximum Gasteiger partial charge on any atom is 0.266 e. The zero-order chi connectivity index (χ0) is 14.5. The molecule has 0 spiro atoms. The van der Waals surface area contributed by atoms with Crippen LogP contribution in [0.3, 0.4) is 0 Å². The molecule has 108 valence electrons. The molecule has 1 saturated heterocycles. The minimum atomic E-state index is 0.345. The third kappa shape index (κ3) is 3.05. The molecule has 1 aliphatic rings. The fraction of sp³-hybridized carbons (Fsp3) is 0.438. The van der Waals surface area contributed by atoms with E-state index >= 15 is 0 Å². The molecule has 2 aromatic rings. The summed E-state index contributed by atoms with van der Waals surface area (Å²) in [5.74, 6) is 1.17. The van der Waals surface area contributed by atoms with Gasteiger partial charge in [-0.3, -0.25) is 0 Å². The van der Waals surface area contributed by atoms with Crippen molar-refractivity contribution in [3.8, 4) is 17.5 Å². The Balaban J connectivity index is 1.86. The van der Waals surface area contributed by atoms with Gasteiger partial charge in [0, 0.05) is 18.7 Å².